The summed E-state index contributed by atoms with van der Waals surface area (Å²) in [5, 5.41) is 3.42. The van der Waals surface area contributed by atoms with E-state index in [1.165, 1.54) is 6.07 Å². The SMILES string of the molecule is CCNC(Cc1cc(F)ccc1C)C1COCCO1. The summed E-state index contributed by atoms with van der Waals surface area (Å²) >= 11 is 0. The third-order valence-electron chi connectivity index (χ3n) is 3.51. The summed E-state index contributed by atoms with van der Waals surface area (Å²) in [4.78, 5) is 0. The van der Waals surface area contributed by atoms with E-state index >= 15 is 0 Å². The fourth-order valence-electron chi connectivity index (χ4n) is 2.43. The maximum atomic E-state index is 13.3. The predicted molar refractivity (Wildman–Crippen MR) is 72.9 cm³/mol. The van der Waals surface area contributed by atoms with Gasteiger partial charge in [-0.3, -0.25) is 0 Å². The highest BCUT2D eigenvalue weighted by molar-refractivity contribution is 5.27. The van der Waals surface area contributed by atoms with Crippen LogP contribution in [0, 0.1) is 12.7 Å². The molecule has 1 fully saturated rings. The van der Waals surface area contributed by atoms with Crippen molar-refractivity contribution < 1.29 is 13.9 Å². The van der Waals surface area contributed by atoms with Crippen molar-refractivity contribution in [3.05, 3.63) is 35.1 Å². The van der Waals surface area contributed by atoms with Gasteiger partial charge in [-0.25, -0.2) is 4.39 Å². The topological polar surface area (TPSA) is 30.5 Å². The van der Waals surface area contributed by atoms with E-state index in [1.54, 1.807) is 6.07 Å². The molecule has 1 aromatic rings. The lowest BCUT2D eigenvalue weighted by Gasteiger charge is -2.31. The molecule has 0 aliphatic carbocycles. The standard InChI is InChI=1S/C15H22FNO2/c1-3-17-14(15-10-18-6-7-19-15)9-12-8-13(16)5-4-11(12)2/h4-5,8,14-15,17H,3,6-7,9-10H2,1-2H3. The van der Waals surface area contributed by atoms with Crippen LogP contribution < -0.4 is 5.32 Å². The molecule has 0 saturated carbocycles. The predicted octanol–water partition coefficient (Wildman–Crippen LogP) is 2.07. The van der Waals surface area contributed by atoms with Gasteiger partial charge in [-0.05, 0) is 43.1 Å². The number of halogens is 1. The molecule has 19 heavy (non-hydrogen) atoms. The van der Waals surface area contributed by atoms with Gasteiger partial charge in [-0.15, -0.1) is 0 Å². The molecule has 1 heterocycles. The first kappa shape index (κ1) is 14.4. The Balaban J connectivity index is 2.08. The summed E-state index contributed by atoms with van der Waals surface area (Å²) in [6, 6.07) is 5.10. The maximum Gasteiger partial charge on any atom is 0.123 e. The van der Waals surface area contributed by atoms with Crippen LogP contribution in [0.15, 0.2) is 18.2 Å². The highest BCUT2D eigenvalue weighted by Gasteiger charge is 2.25. The second kappa shape index (κ2) is 6.98. The van der Waals surface area contributed by atoms with Gasteiger partial charge in [0.05, 0.1) is 25.9 Å². The Morgan fingerprint density at radius 1 is 1.42 bits per heavy atom. The first-order valence-electron chi connectivity index (χ1n) is 6.88. The highest BCUT2D eigenvalue weighted by Crippen LogP contribution is 2.16. The van der Waals surface area contributed by atoms with Crippen LogP contribution in [0.2, 0.25) is 0 Å². The first-order valence-corrected chi connectivity index (χ1v) is 6.88. The summed E-state index contributed by atoms with van der Waals surface area (Å²) in [6.07, 6.45) is 0.794. The first-order chi connectivity index (χ1) is 9.20. The second-order valence-corrected chi connectivity index (χ2v) is 4.92. The van der Waals surface area contributed by atoms with Crippen LogP contribution in [0.25, 0.3) is 0 Å². The molecule has 1 aromatic carbocycles. The fraction of sp³-hybridized carbons (Fsp3) is 0.600. The third-order valence-corrected chi connectivity index (χ3v) is 3.51. The smallest absolute Gasteiger partial charge is 0.123 e. The monoisotopic (exact) mass is 267 g/mol. The normalized spacial score (nSPS) is 21.3. The van der Waals surface area contributed by atoms with E-state index in [9.17, 15) is 4.39 Å². The molecule has 1 aliphatic heterocycles. The molecule has 0 spiro atoms. The molecule has 1 aliphatic rings. The minimum Gasteiger partial charge on any atom is -0.376 e. The number of aryl methyl sites for hydroxylation is 1. The van der Waals surface area contributed by atoms with Crippen molar-refractivity contribution in [3.8, 4) is 0 Å². The molecule has 3 nitrogen and oxygen atoms in total. The van der Waals surface area contributed by atoms with Gasteiger partial charge in [0.1, 0.15) is 5.82 Å². The van der Waals surface area contributed by atoms with Crippen LogP contribution in [-0.2, 0) is 15.9 Å². The summed E-state index contributed by atoms with van der Waals surface area (Å²) < 4.78 is 24.6. The minimum absolute atomic E-state index is 0.0383. The van der Waals surface area contributed by atoms with Crippen molar-refractivity contribution in [2.24, 2.45) is 0 Å². The van der Waals surface area contributed by atoms with E-state index < -0.39 is 0 Å². The molecule has 1 N–H and O–H groups in total. The molecule has 2 unspecified atom stereocenters. The Morgan fingerprint density at radius 2 is 2.26 bits per heavy atom. The Hall–Kier alpha value is -0.970. The third kappa shape index (κ3) is 4.00. The summed E-state index contributed by atoms with van der Waals surface area (Å²) in [7, 11) is 0. The van der Waals surface area contributed by atoms with E-state index in [0.29, 0.717) is 19.8 Å². The molecule has 106 valence electrons. The van der Waals surface area contributed by atoms with Crippen LogP contribution >= 0.6 is 0 Å². The number of likely N-dealkylation sites (N-methyl/N-ethyl adjacent to an activating group) is 1. The van der Waals surface area contributed by atoms with Gasteiger partial charge >= 0.3 is 0 Å². The number of rotatable bonds is 5. The van der Waals surface area contributed by atoms with Gasteiger partial charge in [0.15, 0.2) is 0 Å². The molecule has 0 amide bonds. The molecular formula is C15H22FNO2. The van der Waals surface area contributed by atoms with Gasteiger partial charge in [-0.1, -0.05) is 13.0 Å². The van der Waals surface area contributed by atoms with Crippen molar-refractivity contribution in [3.63, 3.8) is 0 Å². The molecule has 4 heteroatoms. The summed E-state index contributed by atoms with van der Waals surface area (Å²) in [5.74, 6) is -0.184. The number of hydrogen-bond donors (Lipinski definition) is 1. The van der Waals surface area contributed by atoms with Crippen molar-refractivity contribution in [1.82, 2.24) is 5.32 Å². The van der Waals surface area contributed by atoms with Crippen LogP contribution in [0.1, 0.15) is 18.1 Å². The van der Waals surface area contributed by atoms with Crippen LogP contribution in [0.3, 0.4) is 0 Å². The highest BCUT2D eigenvalue weighted by atomic mass is 19.1. The second-order valence-electron chi connectivity index (χ2n) is 4.92. The molecule has 1 saturated heterocycles. The number of nitrogens with one attached hydrogen (secondary N) is 1. The molecule has 0 aromatic heterocycles. The quantitative estimate of drug-likeness (QED) is 0.886. The lowest BCUT2D eigenvalue weighted by Crippen LogP contribution is -2.48. The van der Waals surface area contributed by atoms with Crippen molar-refractivity contribution in [1.29, 1.82) is 0 Å². The molecule has 0 bridgehead atoms. The van der Waals surface area contributed by atoms with Gasteiger partial charge in [0.2, 0.25) is 0 Å². The van der Waals surface area contributed by atoms with E-state index in [4.69, 9.17) is 9.47 Å². The van der Waals surface area contributed by atoms with Gasteiger partial charge in [0, 0.05) is 6.04 Å². The number of ether oxygens (including phenoxy) is 2. The zero-order chi connectivity index (χ0) is 13.7. The molecule has 2 atom stereocenters. The zero-order valence-electron chi connectivity index (χ0n) is 11.6. The average molecular weight is 267 g/mol. The van der Waals surface area contributed by atoms with E-state index in [1.807, 2.05) is 13.0 Å². The summed E-state index contributed by atoms with van der Waals surface area (Å²) in [5.41, 5.74) is 2.14. The Bertz CT molecular complexity index is 405. The lowest BCUT2D eigenvalue weighted by molar-refractivity contribution is -0.101. The fourth-order valence-corrected chi connectivity index (χ4v) is 2.43. The van der Waals surface area contributed by atoms with Gasteiger partial charge in [-0.2, -0.15) is 0 Å². The van der Waals surface area contributed by atoms with Gasteiger partial charge < -0.3 is 14.8 Å². The Morgan fingerprint density at radius 3 is 2.95 bits per heavy atom. The van der Waals surface area contributed by atoms with Gasteiger partial charge in [0.25, 0.3) is 0 Å². The molecule has 0 radical (unpaired) electrons. The minimum atomic E-state index is -0.184. The van der Waals surface area contributed by atoms with Crippen molar-refractivity contribution >= 4 is 0 Å². The van der Waals surface area contributed by atoms with E-state index in [2.05, 4.69) is 12.2 Å². The van der Waals surface area contributed by atoms with Crippen molar-refractivity contribution in [2.75, 3.05) is 26.4 Å². The largest absolute Gasteiger partial charge is 0.376 e. The number of hydrogen-bond acceptors (Lipinski definition) is 3. The zero-order valence-corrected chi connectivity index (χ0v) is 11.6. The number of benzene rings is 1. The maximum absolute atomic E-state index is 13.3. The van der Waals surface area contributed by atoms with Crippen LogP contribution in [0.5, 0.6) is 0 Å². The van der Waals surface area contributed by atoms with E-state index in [0.717, 1.165) is 24.1 Å². The Kier molecular flexibility index (Phi) is 5.31. The van der Waals surface area contributed by atoms with Crippen LogP contribution in [0.4, 0.5) is 4.39 Å². The lowest BCUT2D eigenvalue weighted by atomic mass is 9.97. The molecule has 2 rings (SSSR count). The van der Waals surface area contributed by atoms with E-state index in [-0.39, 0.29) is 18.0 Å². The van der Waals surface area contributed by atoms with Crippen molar-refractivity contribution in [2.45, 2.75) is 32.4 Å². The average Bonchev–Trinajstić information content (AvgIpc) is 2.43. The summed E-state index contributed by atoms with van der Waals surface area (Å²) in [6.45, 7) is 6.83. The Labute approximate surface area is 114 Å². The molecular weight excluding hydrogens is 245 g/mol. The van der Waals surface area contributed by atoms with Crippen LogP contribution in [-0.4, -0.2) is 38.5 Å².